The van der Waals surface area contributed by atoms with Gasteiger partial charge in [-0.25, -0.2) is 4.39 Å². The molecule has 0 aliphatic heterocycles. The second-order valence-electron chi connectivity index (χ2n) is 4.14. The highest BCUT2D eigenvalue weighted by Crippen LogP contribution is 2.28. The van der Waals surface area contributed by atoms with Crippen LogP contribution in [0.4, 0.5) is 4.39 Å². The lowest BCUT2D eigenvalue weighted by Gasteiger charge is -2.12. The maximum Gasteiger partial charge on any atom is 0.137 e. The number of hydrogen-bond acceptors (Lipinski definition) is 1. The number of benzene rings is 2. The van der Waals surface area contributed by atoms with Crippen LogP contribution in [0.2, 0.25) is 0 Å². The second kappa shape index (κ2) is 6.48. The van der Waals surface area contributed by atoms with Crippen LogP contribution in [0.25, 0.3) is 0 Å². The minimum Gasteiger partial charge on any atom is -0.388 e. The fourth-order valence-electron chi connectivity index (χ4n) is 1.73. The Labute approximate surface area is 136 Å². The van der Waals surface area contributed by atoms with Crippen LogP contribution in [-0.4, -0.2) is 5.11 Å². The monoisotopic (exact) mass is 450 g/mol. The highest BCUT2D eigenvalue weighted by Gasteiger charge is 2.11. The summed E-state index contributed by atoms with van der Waals surface area (Å²) in [7, 11) is 0. The number of aliphatic hydroxyl groups excluding tert-OH is 1. The molecule has 0 fully saturated rings. The van der Waals surface area contributed by atoms with Crippen molar-refractivity contribution in [3.63, 3.8) is 0 Å². The maximum atomic E-state index is 13.1. The lowest BCUT2D eigenvalue weighted by Crippen LogP contribution is -2.02. The van der Waals surface area contributed by atoms with Crippen LogP contribution in [0.1, 0.15) is 17.2 Å². The predicted molar refractivity (Wildman–Crippen MR) is 84.6 cm³/mol. The van der Waals surface area contributed by atoms with Gasteiger partial charge in [-0.15, -0.1) is 0 Å². The van der Waals surface area contributed by atoms with Crippen molar-refractivity contribution in [3.8, 4) is 0 Å². The van der Waals surface area contributed by atoms with Crippen LogP contribution in [-0.2, 0) is 6.42 Å². The van der Waals surface area contributed by atoms with Gasteiger partial charge in [-0.3, -0.25) is 0 Å². The molecule has 0 heterocycles. The van der Waals surface area contributed by atoms with E-state index in [2.05, 4.69) is 47.8 Å². The molecule has 100 valence electrons. The number of aliphatic hydroxyl groups is 1. The molecule has 5 heteroatoms. The van der Waals surface area contributed by atoms with Crippen LogP contribution >= 0.6 is 47.8 Å². The molecule has 1 N–H and O–H groups in total. The van der Waals surface area contributed by atoms with Gasteiger partial charge in [0.25, 0.3) is 0 Å². The summed E-state index contributed by atoms with van der Waals surface area (Å²) in [5.74, 6) is -0.301. The highest BCUT2D eigenvalue weighted by atomic mass is 79.9. The Morgan fingerprint density at radius 1 is 0.947 bits per heavy atom. The summed E-state index contributed by atoms with van der Waals surface area (Å²) in [4.78, 5) is 0. The molecule has 0 aliphatic carbocycles. The molecule has 2 aromatic carbocycles. The summed E-state index contributed by atoms with van der Waals surface area (Å²) in [5, 5.41) is 10.2. The van der Waals surface area contributed by atoms with Gasteiger partial charge in [-0.05, 0) is 83.2 Å². The van der Waals surface area contributed by atoms with E-state index in [1.807, 2.05) is 18.2 Å². The van der Waals surface area contributed by atoms with Crippen LogP contribution in [0.3, 0.4) is 0 Å². The summed E-state index contributed by atoms with van der Waals surface area (Å²) >= 11 is 9.94. The molecule has 0 aromatic heterocycles. The Morgan fingerprint density at radius 2 is 1.68 bits per heavy atom. The van der Waals surface area contributed by atoms with Crippen LogP contribution in [0.5, 0.6) is 0 Å². The van der Waals surface area contributed by atoms with Crippen molar-refractivity contribution >= 4 is 47.8 Å². The van der Waals surface area contributed by atoms with Crippen molar-refractivity contribution in [1.29, 1.82) is 0 Å². The normalized spacial score (nSPS) is 12.5. The van der Waals surface area contributed by atoms with Crippen LogP contribution in [0, 0.1) is 5.82 Å². The number of halogens is 4. The zero-order valence-corrected chi connectivity index (χ0v) is 14.5. The van der Waals surface area contributed by atoms with Gasteiger partial charge < -0.3 is 5.11 Å². The molecular formula is C14H10Br3FO. The topological polar surface area (TPSA) is 20.2 Å². The van der Waals surface area contributed by atoms with Gasteiger partial charge in [0.05, 0.1) is 10.6 Å². The van der Waals surface area contributed by atoms with Gasteiger partial charge >= 0.3 is 0 Å². The van der Waals surface area contributed by atoms with E-state index < -0.39 is 6.10 Å². The molecule has 1 unspecified atom stereocenters. The zero-order chi connectivity index (χ0) is 14.0. The third-order valence-electron chi connectivity index (χ3n) is 2.74. The fourth-order valence-corrected chi connectivity index (χ4v) is 2.80. The molecule has 0 radical (unpaired) electrons. The zero-order valence-electron chi connectivity index (χ0n) is 9.71. The fraction of sp³-hybridized carbons (Fsp3) is 0.143. The van der Waals surface area contributed by atoms with Gasteiger partial charge in [-0.2, -0.15) is 0 Å². The summed E-state index contributed by atoms with van der Waals surface area (Å²) in [6, 6.07) is 10.4. The first kappa shape index (κ1) is 15.2. The highest BCUT2D eigenvalue weighted by molar-refractivity contribution is 9.13. The molecule has 1 nitrogen and oxygen atoms in total. The summed E-state index contributed by atoms with van der Waals surface area (Å²) < 4.78 is 15.4. The molecule has 19 heavy (non-hydrogen) atoms. The Hall–Kier alpha value is -0.230. The van der Waals surface area contributed by atoms with E-state index in [0.717, 1.165) is 20.1 Å². The molecule has 0 amide bonds. The first-order valence-electron chi connectivity index (χ1n) is 5.54. The van der Waals surface area contributed by atoms with Crippen molar-refractivity contribution in [2.75, 3.05) is 0 Å². The third-order valence-corrected chi connectivity index (χ3v) is 5.23. The second-order valence-corrected chi connectivity index (χ2v) is 6.70. The molecule has 2 rings (SSSR count). The lowest BCUT2D eigenvalue weighted by molar-refractivity contribution is 0.178. The van der Waals surface area contributed by atoms with E-state index in [1.165, 1.54) is 6.07 Å². The molecule has 0 aliphatic rings. The Bertz CT molecular complexity index is 601. The van der Waals surface area contributed by atoms with E-state index in [-0.39, 0.29) is 5.82 Å². The van der Waals surface area contributed by atoms with Crippen molar-refractivity contribution in [2.24, 2.45) is 0 Å². The van der Waals surface area contributed by atoms with E-state index in [9.17, 15) is 9.50 Å². The Kier molecular flexibility index (Phi) is 5.17. The molecule has 0 bridgehead atoms. The molecule has 0 saturated heterocycles. The number of hydrogen-bond donors (Lipinski definition) is 1. The van der Waals surface area contributed by atoms with Crippen molar-refractivity contribution < 1.29 is 9.50 Å². The minimum atomic E-state index is -0.623. The largest absolute Gasteiger partial charge is 0.388 e. The van der Waals surface area contributed by atoms with Gasteiger partial charge in [0.1, 0.15) is 5.82 Å². The van der Waals surface area contributed by atoms with E-state index in [0.29, 0.717) is 10.9 Å². The molecule has 1 atom stereocenters. The summed E-state index contributed by atoms with van der Waals surface area (Å²) in [6.07, 6.45) is -0.186. The van der Waals surface area contributed by atoms with E-state index >= 15 is 0 Å². The number of rotatable bonds is 3. The van der Waals surface area contributed by atoms with E-state index in [1.54, 1.807) is 12.1 Å². The SMILES string of the molecule is OC(Cc1ccc(F)c(Br)c1)c1ccc(Br)c(Br)c1. The molecule has 0 saturated carbocycles. The molecule has 2 aromatic rings. The van der Waals surface area contributed by atoms with Crippen molar-refractivity contribution in [3.05, 3.63) is 66.8 Å². The quantitative estimate of drug-likeness (QED) is 0.662. The summed E-state index contributed by atoms with van der Waals surface area (Å²) in [5.41, 5.74) is 1.69. The van der Waals surface area contributed by atoms with Crippen LogP contribution < -0.4 is 0 Å². The average Bonchev–Trinajstić information content (AvgIpc) is 2.37. The van der Waals surface area contributed by atoms with E-state index in [4.69, 9.17) is 0 Å². The molecule has 0 spiro atoms. The maximum absolute atomic E-state index is 13.1. The van der Waals surface area contributed by atoms with Crippen molar-refractivity contribution in [1.82, 2.24) is 0 Å². The third kappa shape index (κ3) is 3.88. The molecular weight excluding hydrogens is 443 g/mol. The average molecular weight is 453 g/mol. The smallest absolute Gasteiger partial charge is 0.137 e. The Balaban J connectivity index is 2.17. The van der Waals surface area contributed by atoms with Crippen LogP contribution in [0.15, 0.2) is 49.8 Å². The lowest BCUT2D eigenvalue weighted by atomic mass is 10.0. The van der Waals surface area contributed by atoms with Gasteiger partial charge in [0, 0.05) is 15.4 Å². The van der Waals surface area contributed by atoms with Crippen molar-refractivity contribution in [2.45, 2.75) is 12.5 Å². The predicted octanol–water partition coefficient (Wildman–Crippen LogP) is 5.39. The first-order chi connectivity index (χ1) is 8.97. The standard InChI is InChI=1S/C14H10Br3FO/c15-10-3-2-9(7-11(10)16)14(19)6-8-1-4-13(18)12(17)5-8/h1-5,7,14,19H,6H2. The minimum absolute atomic E-state index is 0.301. The summed E-state index contributed by atoms with van der Waals surface area (Å²) in [6.45, 7) is 0. The first-order valence-corrected chi connectivity index (χ1v) is 7.92. The Morgan fingerprint density at radius 3 is 2.32 bits per heavy atom. The van der Waals surface area contributed by atoms with Gasteiger partial charge in [-0.1, -0.05) is 12.1 Å². The van der Waals surface area contributed by atoms with Gasteiger partial charge in [0.2, 0.25) is 0 Å². The van der Waals surface area contributed by atoms with Gasteiger partial charge in [0.15, 0.2) is 0 Å².